The van der Waals surface area contributed by atoms with E-state index in [2.05, 4.69) is 0 Å². The normalized spacial score (nSPS) is 25.1. The highest BCUT2D eigenvalue weighted by Gasteiger charge is 2.45. The van der Waals surface area contributed by atoms with E-state index in [1.807, 2.05) is 13.8 Å². The number of imide groups is 2. The molecule has 0 saturated carbocycles. The fourth-order valence-corrected chi connectivity index (χ4v) is 4.18. The zero-order chi connectivity index (χ0) is 17.0. The van der Waals surface area contributed by atoms with Gasteiger partial charge in [0.25, 0.3) is 0 Å². The minimum Gasteiger partial charge on any atom is -0.282 e. The molecule has 0 N–H and O–H groups in total. The Morgan fingerprint density at radius 1 is 0.826 bits per heavy atom. The minimum absolute atomic E-state index is 0.139. The third-order valence-electron chi connectivity index (χ3n) is 4.20. The first-order chi connectivity index (χ1) is 11.0. The number of carbonyl (C=O) groups is 4. The Morgan fingerprint density at radius 2 is 1.22 bits per heavy atom. The number of nitrogens with zero attached hydrogens (tertiary/aromatic N) is 2. The molecule has 0 bridgehead atoms. The maximum atomic E-state index is 12.3. The first kappa shape index (κ1) is 18.0. The Morgan fingerprint density at radius 3 is 1.57 bits per heavy atom. The number of amides is 4. The average molecular weight is 340 g/mol. The van der Waals surface area contributed by atoms with Crippen LogP contribution in [0.25, 0.3) is 0 Å². The molecule has 0 aromatic heterocycles. The van der Waals surface area contributed by atoms with Crippen LogP contribution < -0.4 is 0 Å². The molecule has 2 rings (SSSR count). The summed E-state index contributed by atoms with van der Waals surface area (Å²) in [6.07, 6.45) is 3.69. The van der Waals surface area contributed by atoms with Crippen molar-refractivity contribution in [2.24, 2.45) is 0 Å². The Hall–Kier alpha value is -1.37. The summed E-state index contributed by atoms with van der Waals surface area (Å²) in [7, 11) is 0. The van der Waals surface area contributed by atoms with Gasteiger partial charge < -0.3 is 0 Å². The monoisotopic (exact) mass is 340 g/mol. The number of carbonyl (C=O) groups excluding carboxylic acids is 4. The lowest BCUT2D eigenvalue weighted by molar-refractivity contribution is -0.139. The lowest BCUT2D eigenvalue weighted by atomic mass is 10.3. The number of hydrogen-bond donors (Lipinski definition) is 0. The topological polar surface area (TPSA) is 74.8 Å². The van der Waals surface area contributed by atoms with Crippen molar-refractivity contribution in [1.82, 2.24) is 9.80 Å². The van der Waals surface area contributed by atoms with E-state index in [-0.39, 0.29) is 36.5 Å². The smallest absolute Gasteiger partial charge is 0.242 e. The van der Waals surface area contributed by atoms with Crippen molar-refractivity contribution in [1.29, 1.82) is 0 Å². The van der Waals surface area contributed by atoms with Crippen LogP contribution in [0.5, 0.6) is 0 Å². The highest BCUT2D eigenvalue weighted by atomic mass is 32.2. The molecule has 2 fully saturated rings. The Bertz CT molecular complexity index is 464. The molecule has 0 aromatic carbocycles. The molecule has 0 unspecified atom stereocenters. The van der Waals surface area contributed by atoms with Gasteiger partial charge in [0.05, 0.1) is 10.5 Å². The third-order valence-corrected chi connectivity index (χ3v) is 5.60. The Balaban J connectivity index is 1.95. The van der Waals surface area contributed by atoms with Crippen molar-refractivity contribution in [2.45, 2.75) is 62.9 Å². The molecular formula is C16H24N2O4S. The fourth-order valence-electron chi connectivity index (χ4n) is 2.82. The SMILES string of the molecule is CCCCN1C(=O)C[C@@H](S[C@@H]2CC(=O)N(CCCC)C2=O)C1=O. The van der Waals surface area contributed by atoms with E-state index in [1.54, 1.807) is 0 Å². The van der Waals surface area contributed by atoms with Crippen LogP contribution in [-0.4, -0.2) is 57.0 Å². The predicted molar refractivity (Wildman–Crippen MR) is 87.7 cm³/mol. The second-order valence-electron chi connectivity index (χ2n) is 6.00. The van der Waals surface area contributed by atoms with Crippen LogP contribution in [0.1, 0.15) is 52.4 Å². The number of hydrogen-bond acceptors (Lipinski definition) is 5. The van der Waals surface area contributed by atoms with Crippen LogP contribution >= 0.6 is 11.8 Å². The summed E-state index contributed by atoms with van der Waals surface area (Å²) >= 11 is 1.19. The summed E-state index contributed by atoms with van der Waals surface area (Å²) < 4.78 is 0. The number of thioether (sulfide) groups is 1. The van der Waals surface area contributed by atoms with Crippen molar-refractivity contribution < 1.29 is 19.2 Å². The summed E-state index contributed by atoms with van der Waals surface area (Å²) in [4.78, 5) is 51.2. The van der Waals surface area contributed by atoms with Crippen LogP contribution in [-0.2, 0) is 19.2 Å². The van der Waals surface area contributed by atoms with E-state index in [0.717, 1.165) is 25.7 Å². The van der Waals surface area contributed by atoms with Crippen LogP contribution in [0.15, 0.2) is 0 Å². The molecule has 2 aliphatic heterocycles. The van der Waals surface area contributed by atoms with Crippen molar-refractivity contribution in [3.63, 3.8) is 0 Å². The molecule has 7 heteroatoms. The molecule has 23 heavy (non-hydrogen) atoms. The average Bonchev–Trinajstić information content (AvgIpc) is 2.93. The summed E-state index contributed by atoms with van der Waals surface area (Å²) in [5.74, 6) is -0.748. The Labute approximate surface area is 140 Å². The standard InChI is InChI=1S/C16H24N2O4S/c1-3-5-7-17-13(19)9-11(15(17)21)23-12-10-14(20)18(16(12)22)8-6-4-2/h11-12H,3-10H2,1-2H3/t11-,12-/m1/s1. The first-order valence-corrected chi connectivity index (χ1v) is 9.27. The maximum Gasteiger partial charge on any atom is 0.242 e. The molecule has 2 saturated heterocycles. The van der Waals surface area contributed by atoms with Crippen LogP contribution in [0, 0.1) is 0 Å². The van der Waals surface area contributed by atoms with E-state index in [0.29, 0.717) is 13.1 Å². The number of unbranched alkanes of at least 4 members (excludes halogenated alkanes) is 2. The second-order valence-corrected chi connectivity index (χ2v) is 7.41. The van der Waals surface area contributed by atoms with Gasteiger partial charge in [0.15, 0.2) is 0 Å². The quantitative estimate of drug-likeness (QED) is 0.627. The van der Waals surface area contributed by atoms with Crippen molar-refractivity contribution >= 4 is 35.4 Å². The molecular weight excluding hydrogens is 316 g/mol. The van der Waals surface area contributed by atoms with Gasteiger partial charge in [0.2, 0.25) is 23.6 Å². The van der Waals surface area contributed by atoms with Crippen molar-refractivity contribution in [3.8, 4) is 0 Å². The number of likely N-dealkylation sites (tertiary alicyclic amines) is 2. The van der Waals surface area contributed by atoms with Gasteiger partial charge >= 0.3 is 0 Å². The van der Waals surface area contributed by atoms with E-state index in [4.69, 9.17) is 0 Å². The largest absolute Gasteiger partial charge is 0.282 e. The second kappa shape index (κ2) is 7.95. The lowest BCUT2D eigenvalue weighted by Gasteiger charge is -2.16. The van der Waals surface area contributed by atoms with Gasteiger partial charge in [-0.15, -0.1) is 11.8 Å². The molecule has 0 radical (unpaired) electrons. The predicted octanol–water partition coefficient (Wildman–Crippen LogP) is 1.57. The van der Waals surface area contributed by atoms with Crippen LogP contribution in [0.4, 0.5) is 0 Å². The first-order valence-electron chi connectivity index (χ1n) is 8.33. The molecule has 128 valence electrons. The van der Waals surface area contributed by atoms with Gasteiger partial charge in [-0.25, -0.2) is 0 Å². The molecule has 2 heterocycles. The molecule has 2 atom stereocenters. The van der Waals surface area contributed by atoms with Gasteiger partial charge in [-0.1, -0.05) is 26.7 Å². The third kappa shape index (κ3) is 3.94. The zero-order valence-electron chi connectivity index (χ0n) is 13.7. The minimum atomic E-state index is -0.521. The summed E-state index contributed by atoms with van der Waals surface area (Å²) in [5, 5.41) is -1.04. The molecule has 0 spiro atoms. The van der Waals surface area contributed by atoms with Crippen LogP contribution in [0.2, 0.25) is 0 Å². The Kier molecular flexibility index (Phi) is 6.21. The van der Waals surface area contributed by atoms with E-state index in [1.165, 1.54) is 21.6 Å². The molecule has 0 aromatic rings. The summed E-state index contributed by atoms with van der Waals surface area (Å²) in [5.41, 5.74) is 0. The van der Waals surface area contributed by atoms with Gasteiger partial charge in [-0.05, 0) is 12.8 Å². The van der Waals surface area contributed by atoms with Gasteiger partial charge in [-0.2, -0.15) is 0 Å². The number of rotatable bonds is 8. The summed E-state index contributed by atoms with van der Waals surface area (Å²) in [6.45, 7) is 4.91. The van der Waals surface area contributed by atoms with Gasteiger partial charge in [0, 0.05) is 25.9 Å². The van der Waals surface area contributed by atoms with E-state index < -0.39 is 10.5 Å². The molecule has 2 aliphatic rings. The summed E-state index contributed by atoms with van der Waals surface area (Å²) in [6, 6.07) is 0. The highest BCUT2D eigenvalue weighted by Crippen LogP contribution is 2.34. The van der Waals surface area contributed by atoms with E-state index in [9.17, 15) is 19.2 Å². The van der Waals surface area contributed by atoms with E-state index >= 15 is 0 Å². The van der Waals surface area contributed by atoms with Crippen molar-refractivity contribution in [3.05, 3.63) is 0 Å². The highest BCUT2D eigenvalue weighted by molar-refractivity contribution is 8.02. The molecule has 4 amide bonds. The van der Waals surface area contributed by atoms with Crippen LogP contribution in [0.3, 0.4) is 0 Å². The zero-order valence-corrected chi connectivity index (χ0v) is 14.6. The van der Waals surface area contributed by atoms with Gasteiger partial charge in [-0.3, -0.25) is 29.0 Å². The maximum absolute atomic E-state index is 12.3. The molecule has 6 nitrogen and oxygen atoms in total. The molecule has 0 aliphatic carbocycles. The van der Waals surface area contributed by atoms with Gasteiger partial charge in [0.1, 0.15) is 0 Å². The fraction of sp³-hybridized carbons (Fsp3) is 0.750. The lowest BCUT2D eigenvalue weighted by Crippen LogP contribution is -2.34. The van der Waals surface area contributed by atoms with Crippen molar-refractivity contribution in [2.75, 3.05) is 13.1 Å².